The van der Waals surface area contributed by atoms with E-state index in [-0.39, 0.29) is 76.6 Å². The van der Waals surface area contributed by atoms with Crippen LogP contribution < -0.4 is 20.1 Å². The summed E-state index contributed by atoms with van der Waals surface area (Å²) in [6.45, 7) is 13.6. The van der Waals surface area contributed by atoms with Gasteiger partial charge in [-0.3, -0.25) is 29.1 Å². The lowest BCUT2D eigenvalue weighted by molar-refractivity contribution is -0.139. The van der Waals surface area contributed by atoms with Gasteiger partial charge in [-0.1, -0.05) is 12.8 Å². The molecule has 4 heterocycles. The van der Waals surface area contributed by atoms with Crippen LogP contribution >= 0.6 is 0 Å². The summed E-state index contributed by atoms with van der Waals surface area (Å²) in [4.78, 5) is 75.5. The van der Waals surface area contributed by atoms with E-state index in [4.69, 9.17) is 18.9 Å². The number of unbranched alkanes of at least 4 members (excludes halogenated alkanes) is 1. The monoisotopic (exact) mass is 1190 g/mol. The van der Waals surface area contributed by atoms with Crippen LogP contribution in [0.25, 0.3) is 0 Å². The fourth-order valence-electron chi connectivity index (χ4n) is 11.1. The van der Waals surface area contributed by atoms with Crippen molar-refractivity contribution in [2.45, 2.75) is 153 Å². The summed E-state index contributed by atoms with van der Waals surface area (Å²) in [5.41, 5.74) is -1.75. The molecule has 0 radical (unpaired) electrons. The Morgan fingerprint density at radius 1 is 0.642 bits per heavy atom. The predicted molar refractivity (Wildman–Crippen MR) is 291 cm³/mol. The third-order valence-corrected chi connectivity index (χ3v) is 17.9. The first-order valence-corrected chi connectivity index (χ1v) is 30.9. The van der Waals surface area contributed by atoms with Crippen LogP contribution in [0.4, 0.5) is 27.2 Å². The maximum absolute atomic E-state index is 15.1. The molecule has 10 atom stereocenters. The Morgan fingerprint density at radius 2 is 1.07 bits per heavy atom. The van der Waals surface area contributed by atoms with Crippen molar-refractivity contribution in [1.82, 2.24) is 38.8 Å². The van der Waals surface area contributed by atoms with Crippen LogP contribution in [0.15, 0.2) is 36.4 Å². The molecule has 27 heteroatoms. The standard InChI is InChI=1S/C54H80F4N8O13S2/c1-32(61(9)51(70)78-53(3,4)5)48(67)59-36(29-63-23-21-44-46(63)34(27-65(44)80(11,72)73)30-76-37-17-19-39(55)41(57)25-37)15-13-14-16-43(60-49(68)33(2)62(10)52(71)79-54(6,7)8)50(69)64-24-22-45-47(64)35(28-66(45)81(12,74)75)31-77-38-18-20-40(56)42(58)26-38/h17-20,25-26,32-36,43-47H,13-16,21-24,27-31H2,1-12H3,(H,59,67)(H,60,68). The van der Waals surface area contributed by atoms with Crippen LogP contribution in [0.1, 0.15) is 93.9 Å². The molecule has 21 nitrogen and oxygen atoms in total. The highest BCUT2D eigenvalue weighted by Gasteiger charge is 2.55. The molecule has 4 aliphatic heterocycles. The van der Waals surface area contributed by atoms with Crippen LogP contribution in [0.5, 0.6) is 11.5 Å². The molecule has 0 saturated carbocycles. The van der Waals surface area contributed by atoms with Gasteiger partial charge in [-0.05, 0) is 105 Å². The van der Waals surface area contributed by atoms with Crippen LogP contribution in [0.3, 0.4) is 0 Å². The molecule has 454 valence electrons. The fraction of sp³-hybridized carbons (Fsp3) is 0.685. The number of carbonyl (C=O) groups excluding carboxylic acids is 5. The van der Waals surface area contributed by atoms with Gasteiger partial charge in [0.2, 0.25) is 37.8 Å². The average Bonchev–Trinajstić information content (AvgIpc) is 4.26. The van der Waals surface area contributed by atoms with Crippen molar-refractivity contribution in [3.05, 3.63) is 59.7 Å². The maximum Gasteiger partial charge on any atom is 0.410 e. The van der Waals surface area contributed by atoms with Crippen molar-refractivity contribution in [2.75, 3.05) is 72.5 Å². The van der Waals surface area contributed by atoms with Gasteiger partial charge >= 0.3 is 12.2 Å². The summed E-state index contributed by atoms with van der Waals surface area (Å²) < 4.78 is 134. The summed E-state index contributed by atoms with van der Waals surface area (Å²) in [7, 11) is -4.74. The Hall–Kier alpha value is -5.51. The molecule has 4 fully saturated rings. The minimum Gasteiger partial charge on any atom is -0.493 e. The number of hydrogen-bond donors (Lipinski definition) is 2. The largest absolute Gasteiger partial charge is 0.493 e. The zero-order valence-electron chi connectivity index (χ0n) is 48.2. The molecule has 4 aliphatic rings. The number of likely N-dealkylation sites (tertiary alicyclic amines) is 2. The molecular formula is C54H80F4N8O13S2. The lowest BCUT2D eigenvalue weighted by Gasteiger charge is -2.34. The Balaban J connectivity index is 1.26. The predicted octanol–water partition coefficient (Wildman–Crippen LogP) is 4.94. The van der Waals surface area contributed by atoms with Gasteiger partial charge in [0.1, 0.15) is 40.8 Å². The van der Waals surface area contributed by atoms with Crippen molar-refractivity contribution in [1.29, 1.82) is 0 Å². The molecule has 2 aromatic carbocycles. The lowest BCUT2D eigenvalue weighted by Crippen LogP contribution is -2.56. The Morgan fingerprint density at radius 3 is 1.53 bits per heavy atom. The second-order valence-electron chi connectivity index (χ2n) is 23.8. The zero-order valence-corrected chi connectivity index (χ0v) is 49.9. The summed E-state index contributed by atoms with van der Waals surface area (Å²) >= 11 is 0. The molecule has 2 N–H and O–H groups in total. The smallest absolute Gasteiger partial charge is 0.410 e. The van der Waals surface area contributed by atoms with E-state index >= 15 is 4.79 Å². The van der Waals surface area contributed by atoms with Crippen LogP contribution in [0.2, 0.25) is 0 Å². The van der Waals surface area contributed by atoms with E-state index in [1.165, 1.54) is 53.6 Å². The quantitative estimate of drug-likeness (QED) is 0.118. The number of halogens is 4. The van der Waals surface area contributed by atoms with Gasteiger partial charge in [0.15, 0.2) is 23.3 Å². The van der Waals surface area contributed by atoms with Crippen molar-refractivity contribution in [3.63, 3.8) is 0 Å². The van der Waals surface area contributed by atoms with E-state index in [0.29, 0.717) is 19.4 Å². The van der Waals surface area contributed by atoms with E-state index in [9.17, 15) is 53.6 Å². The molecule has 81 heavy (non-hydrogen) atoms. The first-order chi connectivity index (χ1) is 37.5. The van der Waals surface area contributed by atoms with Crippen LogP contribution in [-0.4, -0.2) is 207 Å². The summed E-state index contributed by atoms with van der Waals surface area (Å²) in [6, 6.07) is -0.316. The maximum atomic E-state index is 15.1. The van der Waals surface area contributed by atoms with Gasteiger partial charge in [-0.2, -0.15) is 8.61 Å². The summed E-state index contributed by atoms with van der Waals surface area (Å²) in [6.07, 6.45) is 2.18. The third kappa shape index (κ3) is 16.6. The second kappa shape index (κ2) is 26.0. The average molecular weight is 1190 g/mol. The molecule has 0 aliphatic carbocycles. The molecule has 2 aromatic rings. The van der Waals surface area contributed by atoms with Crippen molar-refractivity contribution < 1.29 is 77.3 Å². The Labute approximate surface area is 473 Å². The van der Waals surface area contributed by atoms with Gasteiger partial charge in [0, 0.05) is 95.0 Å². The van der Waals surface area contributed by atoms with E-state index < -0.39 is 145 Å². The van der Waals surface area contributed by atoms with E-state index in [0.717, 1.165) is 46.6 Å². The number of carbonyl (C=O) groups is 5. The highest BCUT2D eigenvalue weighted by molar-refractivity contribution is 7.88. The third-order valence-electron chi connectivity index (χ3n) is 15.3. The SMILES string of the molecule is CC(C(=O)NC(CCCCC(NC(=O)C(C)N(C)C(=O)OC(C)(C)C)C(=O)N1CCC2C1C(COc1ccc(F)c(F)c1)CN2S(C)(=O)=O)CN1CCC2C1C(COc1ccc(F)c(F)c1)CN2S(C)(=O)=O)N(C)C(=O)OC(C)(C)C. The first kappa shape index (κ1) is 64.7. The van der Waals surface area contributed by atoms with Gasteiger partial charge in [-0.25, -0.2) is 44.0 Å². The number of nitrogens with zero attached hydrogens (tertiary/aromatic N) is 6. The highest BCUT2D eigenvalue weighted by atomic mass is 32.2. The van der Waals surface area contributed by atoms with Crippen molar-refractivity contribution in [2.24, 2.45) is 11.8 Å². The fourth-order valence-corrected chi connectivity index (χ4v) is 13.5. The minimum atomic E-state index is -3.82. The van der Waals surface area contributed by atoms with Crippen molar-refractivity contribution >= 4 is 50.0 Å². The molecule has 6 rings (SSSR count). The number of amides is 5. The first-order valence-electron chi connectivity index (χ1n) is 27.2. The lowest BCUT2D eigenvalue weighted by atomic mass is 9.98. The number of benzene rings is 2. The van der Waals surface area contributed by atoms with Crippen LogP contribution in [0, 0.1) is 35.1 Å². The summed E-state index contributed by atoms with van der Waals surface area (Å²) in [5.74, 6) is -7.23. The molecule has 0 spiro atoms. The second-order valence-corrected chi connectivity index (χ2v) is 27.6. The molecule has 0 aromatic heterocycles. The van der Waals surface area contributed by atoms with Gasteiger partial charge in [0.25, 0.3) is 0 Å². The number of rotatable bonds is 22. The zero-order chi connectivity index (χ0) is 60.3. The minimum absolute atomic E-state index is 0.0106. The van der Waals surface area contributed by atoms with Gasteiger partial charge in [-0.15, -0.1) is 0 Å². The molecule has 0 bridgehead atoms. The number of ether oxygens (including phenoxy) is 4. The Kier molecular flexibility index (Phi) is 20.7. The van der Waals surface area contributed by atoms with E-state index in [1.54, 1.807) is 41.5 Å². The highest BCUT2D eigenvalue weighted by Crippen LogP contribution is 2.40. The molecule has 4 saturated heterocycles. The van der Waals surface area contributed by atoms with Crippen molar-refractivity contribution in [3.8, 4) is 11.5 Å². The normalized spacial score (nSPS) is 23.2. The number of nitrogens with one attached hydrogen (secondary N) is 2. The van der Waals surface area contributed by atoms with E-state index in [1.807, 2.05) is 0 Å². The number of likely N-dealkylation sites (N-methyl/N-ethyl adjacent to an activating group) is 2. The van der Waals surface area contributed by atoms with E-state index in [2.05, 4.69) is 15.5 Å². The topological polar surface area (TPSA) is 234 Å². The molecular weight excluding hydrogens is 1110 g/mol. The molecule has 5 amide bonds. The van der Waals surface area contributed by atoms with Crippen LogP contribution in [-0.2, 0) is 43.9 Å². The Bertz CT molecular complexity index is 2840. The number of hydrogen-bond acceptors (Lipinski definition) is 14. The summed E-state index contributed by atoms with van der Waals surface area (Å²) in [5, 5.41) is 5.95. The molecule has 10 unspecified atom stereocenters. The van der Waals surface area contributed by atoms with Gasteiger partial charge < -0.3 is 34.5 Å². The number of sulfonamides is 2. The number of fused-ring (bicyclic) bond motifs is 2. The van der Waals surface area contributed by atoms with Gasteiger partial charge in [0.05, 0.1) is 31.8 Å².